The number of ether oxygens (including phenoxy) is 4. The molecule has 0 fully saturated rings. The van der Waals surface area contributed by atoms with Crippen LogP contribution in [0.25, 0.3) is 0 Å². The molecule has 5 nitrogen and oxygen atoms in total. The molecule has 23 heavy (non-hydrogen) atoms. The van der Waals surface area contributed by atoms with Gasteiger partial charge in [0.15, 0.2) is 0 Å². The first-order chi connectivity index (χ1) is 11.2. The van der Waals surface area contributed by atoms with Crippen LogP contribution in [0.3, 0.4) is 0 Å². The van der Waals surface area contributed by atoms with Crippen molar-refractivity contribution < 1.29 is 23.7 Å². The number of hydrogen-bond donors (Lipinski definition) is 0. The third-order valence-corrected chi connectivity index (χ3v) is 3.99. The molecule has 0 amide bonds. The Morgan fingerprint density at radius 1 is 1.00 bits per heavy atom. The highest BCUT2D eigenvalue weighted by Gasteiger charge is 2.41. The number of hydrogen-bond acceptors (Lipinski definition) is 5. The van der Waals surface area contributed by atoms with Crippen molar-refractivity contribution in [3.8, 4) is 17.2 Å². The third-order valence-electron chi connectivity index (χ3n) is 3.99. The maximum atomic E-state index is 12.3. The first-order valence-corrected chi connectivity index (χ1v) is 7.24. The molecule has 0 saturated heterocycles. The second kappa shape index (κ2) is 6.20. The van der Waals surface area contributed by atoms with Gasteiger partial charge in [-0.25, -0.2) is 0 Å². The maximum absolute atomic E-state index is 12.3. The van der Waals surface area contributed by atoms with Crippen LogP contribution in [0.15, 0.2) is 42.5 Å². The molecule has 3 rings (SSSR count). The van der Waals surface area contributed by atoms with Gasteiger partial charge in [0.2, 0.25) is 0 Å². The zero-order chi connectivity index (χ0) is 16.4. The Bertz CT molecular complexity index is 725. The van der Waals surface area contributed by atoms with E-state index >= 15 is 0 Å². The average Bonchev–Trinajstić information content (AvgIpc) is 2.99. The molecule has 1 heterocycles. The van der Waals surface area contributed by atoms with E-state index in [4.69, 9.17) is 18.9 Å². The number of carbonyl (C=O) groups is 1. The van der Waals surface area contributed by atoms with Crippen molar-refractivity contribution in [1.82, 2.24) is 0 Å². The van der Waals surface area contributed by atoms with Gasteiger partial charge in [0.05, 0.1) is 21.3 Å². The normalized spacial score (nSPS) is 18.7. The van der Waals surface area contributed by atoms with Crippen LogP contribution < -0.4 is 14.2 Å². The quantitative estimate of drug-likeness (QED) is 0.812. The molecule has 0 bridgehead atoms. The van der Waals surface area contributed by atoms with E-state index in [2.05, 4.69) is 0 Å². The van der Waals surface area contributed by atoms with Crippen molar-refractivity contribution in [2.75, 3.05) is 21.3 Å². The van der Waals surface area contributed by atoms with E-state index in [0.717, 1.165) is 11.1 Å². The minimum Gasteiger partial charge on any atom is -0.497 e. The summed E-state index contributed by atoms with van der Waals surface area (Å²) >= 11 is 0. The van der Waals surface area contributed by atoms with Crippen molar-refractivity contribution in [3.63, 3.8) is 0 Å². The number of rotatable bonds is 4. The summed E-state index contributed by atoms with van der Waals surface area (Å²) in [5.41, 5.74) is 1.62. The lowest BCUT2D eigenvalue weighted by Gasteiger charge is -2.18. The van der Waals surface area contributed by atoms with Crippen molar-refractivity contribution in [2.45, 2.75) is 12.0 Å². The SMILES string of the molecule is COC(=O)[C@H]1c2cc(OC)ccc2O[C@@H]1c1cccc(OC)c1. The Balaban J connectivity index is 2.05. The van der Waals surface area contributed by atoms with Gasteiger partial charge >= 0.3 is 5.97 Å². The van der Waals surface area contributed by atoms with Gasteiger partial charge in [0.25, 0.3) is 0 Å². The van der Waals surface area contributed by atoms with E-state index in [9.17, 15) is 4.79 Å². The van der Waals surface area contributed by atoms with Crippen molar-refractivity contribution >= 4 is 5.97 Å². The molecule has 2 aromatic carbocycles. The first kappa shape index (κ1) is 15.2. The molecule has 1 aliphatic heterocycles. The van der Waals surface area contributed by atoms with Crippen LogP contribution in [0.1, 0.15) is 23.1 Å². The molecule has 2 aromatic rings. The largest absolute Gasteiger partial charge is 0.497 e. The predicted octanol–water partition coefficient (Wildman–Crippen LogP) is 3.09. The third kappa shape index (κ3) is 2.70. The van der Waals surface area contributed by atoms with Crippen LogP contribution in [-0.4, -0.2) is 27.3 Å². The molecule has 0 aliphatic carbocycles. The highest BCUT2D eigenvalue weighted by molar-refractivity contribution is 5.81. The second-order valence-electron chi connectivity index (χ2n) is 5.22. The topological polar surface area (TPSA) is 54.0 Å². The first-order valence-electron chi connectivity index (χ1n) is 7.24. The summed E-state index contributed by atoms with van der Waals surface area (Å²) in [6, 6.07) is 12.9. The second-order valence-corrected chi connectivity index (χ2v) is 5.22. The average molecular weight is 314 g/mol. The van der Waals surface area contributed by atoms with Crippen molar-refractivity contribution in [3.05, 3.63) is 53.6 Å². The van der Waals surface area contributed by atoms with Gasteiger partial charge in [0.1, 0.15) is 29.3 Å². The Morgan fingerprint density at radius 2 is 1.74 bits per heavy atom. The molecule has 0 unspecified atom stereocenters. The fourth-order valence-electron chi connectivity index (χ4n) is 2.83. The minimum absolute atomic E-state index is 0.343. The van der Waals surface area contributed by atoms with E-state index in [1.165, 1.54) is 7.11 Å². The number of fused-ring (bicyclic) bond motifs is 1. The van der Waals surface area contributed by atoms with E-state index in [1.54, 1.807) is 20.3 Å². The Labute approximate surface area is 134 Å². The van der Waals surface area contributed by atoms with E-state index < -0.39 is 12.0 Å². The minimum atomic E-state index is -0.544. The lowest BCUT2D eigenvalue weighted by molar-refractivity contribution is -0.144. The van der Waals surface area contributed by atoms with Crippen LogP contribution in [0, 0.1) is 0 Å². The number of carbonyl (C=O) groups excluding carboxylic acids is 1. The molecule has 2 atom stereocenters. The molecule has 0 saturated carbocycles. The zero-order valence-corrected chi connectivity index (χ0v) is 13.2. The number of esters is 1. The molecular formula is C18H18O5. The Morgan fingerprint density at radius 3 is 2.43 bits per heavy atom. The Kier molecular flexibility index (Phi) is 4.10. The van der Waals surface area contributed by atoms with E-state index in [-0.39, 0.29) is 5.97 Å². The highest BCUT2D eigenvalue weighted by atomic mass is 16.5. The van der Waals surface area contributed by atoms with Gasteiger partial charge in [-0.2, -0.15) is 0 Å². The van der Waals surface area contributed by atoms with Crippen LogP contribution in [-0.2, 0) is 9.53 Å². The zero-order valence-electron chi connectivity index (χ0n) is 13.2. The molecular weight excluding hydrogens is 296 g/mol. The van der Waals surface area contributed by atoms with Gasteiger partial charge < -0.3 is 18.9 Å². The molecule has 0 N–H and O–H groups in total. The lowest BCUT2D eigenvalue weighted by Crippen LogP contribution is -2.20. The standard InChI is InChI=1S/C18H18O5/c1-20-12-6-4-5-11(9-12)17-16(18(19)22-3)14-10-13(21-2)7-8-15(14)23-17/h4-10,16-17H,1-3H3/t16-,17+/m0/s1. The fourth-order valence-corrected chi connectivity index (χ4v) is 2.83. The number of methoxy groups -OCH3 is 3. The summed E-state index contributed by atoms with van der Waals surface area (Å²) in [4.78, 5) is 12.3. The van der Waals surface area contributed by atoms with Gasteiger partial charge in [-0.3, -0.25) is 4.79 Å². The number of benzene rings is 2. The summed E-state index contributed by atoms with van der Waals surface area (Å²) < 4.78 is 21.5. The maximum Gasteiger partial charge on any atom is 0.317 e. The van der Waals surface area contributed by atoms with Crippen LogP contribution >= 0.6 is 0 Å². The highest BCUT2D eigenvalue weighted by Crippen LogP contribution is 2.48. The summed E-state index contributed by atoms with van der Waals surface area (Å²) in [5.74, 6) is 1.16. The van der Waals surface area contributed by atoms with Crippen molar-refractivity contribution in [1.29, 1.82) is 0 Å². The van der Waals surface area contributed by atoms with Crippen LogP contribution in [0.4, 0.5) is 0 Å². The molecule has 120 valence electrons. The smallest absolute Gasteiger partial charge is 0.317 e. The molecule has 0 spiro atoms. The van der Waals surface area contributed by atoms with Crippen molar-refractivity contribution in [2.24, 2.45) is 0 Å². The van der Waals surface area contributed by atoms with Gasteiger partial charge in [0, 0.05) is 5.56 Å². The monoisotopic (exact) mass is 314 g/mol. The summed E-state index contributed by atoms with van der Waals surface area (Å²) in [6.07, 6.45) is -0.459. The van der Waals surface area contributed by atoms with E-state index in [0.29, 0.717) is 17.2 Å². The van der Waals surface area contributed by atoms with E-state index in [1.807, 2.05) is 36.4 Å². The van der Waals surface area contributed by atoms with Gasteiger partial charge in [-0.05, 0) is 35.9 Å². The van der Waals surface area contributed by atoms with Gasteiger partial charge in [-0.1, -0.05) is 12.1 Å². The summed E-state index contributed by atoms with van der Waals surface area (Å²) in [7, 11) is 4.57. The molecule has 0 radical (unpaired) electrons. The predicted molar refractivity (Wildman–Crippen MR) is 84.1 cm³/mol. The summed E-state index contributed by atoms with van der Waals surface area (Å²) in [6.45, 7) is 0. The van der Waals surface area contributed by atoms with Crippen LogP contribution in [0.5, 0.6) is 17.2 Å². The summed E-state index contributed by atoms with van der Waals surface area (Å²) in [5, 5.41) is 0. The lowest BCUT2D eigenvalue weighted by atomic mass is 9.91. The molecule has 1 aliphatic rings. The van der Waals surface area contributed by atoms with Crippen LogP contribution in [0.2, 0.25) is 0 Å². The Hall–Kier alpha value is -2.69. The molecule has 0 aromatic heterocycles. The van der Waals surface area contributed by atoms with Gasteiger partial charge in [-0.15, -0.1) is 0 Å². The molecule has 5 heteroatoms. The fraction of sp³-hybridized carbons (Fsp3) is 0.278.